The third-order valence-corrected chi connectivity index (χ3v) is 4.75. The molecule has 2 aromatic carbocycles. The maximum Gasteiger partial charge on any atom is 0.352 e. The Labute approximate surface area is 177 Å². The van der Waals surface area contributed by atoms with Crippen molar-refractivity contribution in [1.82, 2.24) is 9.78 Å². The van der Waals surface area contributed by atoms with E-state index in [9.17, 15) is 19.1 Å². The quantitative estimate of drug-likeness (QED) is 0.560. The minimum atomic E-state index is -1.17. The molecule has 0 saturated carbocycles. The number of benzene rings is 2. The summed E-state index contributed by atoms with van der Waals surface area (Å²) in [6.07, 6.45) is 2.87. The molecule has 1 atom stereocenters. The van der Waals surface area contributed by atoms with Crippen LogP contribution in [0, 0.1) is 5.82 Å². The molecule has 0 saturated heterocycles. The summed E-state index contributed by atoms with van der Waals surface area (Å²) in [6, 6.07) is 12.0. The summed E-state index contributed by atoms with van der Waals surface area (Å²) in [7, 11) is 0. The molecule has 0 spiro atoms. The van der Waals surface area contributed by atoms with Crippen molar-refractivity contribution in [2.75, 3.05) is 17.2 Å². The Bertz CT molecular complexity index is 1170. The van der Waals surface area contributed by atoms with Crippen LogP contribution in [0.1, 0.15) is 28.9 Å². The van der Waals surface area contributed by atoms with E-state index in [-0.39, 0.29) is 17.1 Å². The highest BCUT2D eigenvalue weighted by atomic mass is 19.1. The Morgan fingerprint density at radius 2 is 1.97 bits per heavy atom. The number of aromatic nitrogens is 2. The van der Waals surface area contributed by atoms with Crippen molar-refractivity contribution in [1.29, 1.82) is 0 Å². The lowest BCUT2D eigenvalue weighted by atomic mass is 10.0. The number of halogens is 1. The first-order valence-corrected chi connectivity index (χ1v) is 9.56. The van der Waals surface area contributed by atoms with Crippen molar-refractivity contribution < 1.29 is 23.8 Å². The zero-order valence-electron chi connectivity index (χ0n) is 16.5. The van der Waals surface area contributed by atoms with Crippen molar-refractivity contribution >= 4 is 23.4 Å². The van der Waals surface area contributed by atoms with Gasteiger partial charge in [-0.15, -0.1) is 0 Å². The first kappa shape index (κ1) is 20.1. The summed E-state index contributed by atoms with van der Waals surface area (Å²) in [5.74, 6) is -1.28. The van der Waals surface area contributed by atoms with Crippen LogP contribution in [0.15, 0.2) is 66.5 Å². The molecule has 31 heavy (non-hydrogen) atoms. The second-order valence-corrected chi connectivity index (χ2v) is 6.74. The fraction of sp³-hybridized carbons (Fsp3) is 0.136. The average molecular weight is 422 g/mol. The number of carboxylic acids is 1. The Kier molecular flexibility index (Phi) is 5.40. The lowest BCUT2D eigenvalue weighted by Gasteiger charge is -2.25. The van der Waals surface area contributed by atoms with Gasteiger partial charge in [-0.1, -0.05) is 18.2 Å². The maximum absolute atomic E-state index is 13.1. The van der Waals surface area contributed by atoms with Gasteiger partial charge >= 0.3 is 5.97 Å². The molecule has 9 heteroatoms. The van der Waals surface area contributed by atoms with E-state index in [1.165, 1.54) is 41.2 Å². The molecule has 2 heterocycles. The third kappa shape index (κ3) is 3.97. The monoisotopic (exact) mass is 422 g/mol. The second kappa shape index (κ2) is 8.31. The molecule has 3 aromatic rings. The summed E-state index contributed by atoms with van der Waals surface area (Å²) in [5, 5.41) is 19.4. The van der Waals surface area contributed by atoms with E-state index in [1.807, 2.05) is 25.1 Å². The van der Waals surface area contributed by atoms with Gasteiger partial charge in [-0.25, -0.2) is 13.9 Å². The van der Waals surface area contributed by atoms with E-state index < -0.39 is 23.7 Å². The number of allylic oxidation sites excluding steroid dienone is 1. The molecule has 8 nitrogen and oxygen atoms in total. The van der Waals surface area contributed by atoms with Crippen molar-refractivity contribution in [2.45, 2.75) is 13.0 Å². The molecule has 1 aliphatic rings. The zero-order valence-corrected chi connectivity index (χ0v) is 16.5. The van der Waals surface area contributed by atoms with Gasteiger partial charge in [0, 0.05) is 11.3 Å². The highest BCUT2D eigenvalue weighted by Gasteiger charge is 2.30. The Morgan fingerprint density at radius 1 is 1.23 bits per heavy atom. The first-order valence-electron chi connectivity index (χ1n) is 9.56. The fourth-order valence-electron chi connectivity index (χ4n) is 3.35. The Morgan fingerprint density at radius 3 is 2.68 bits per heavy atom. The molecule has 1 aromatic heterocycles. The number of nitrogens with zero attached hydrogens (tertiary/aromatic N) is 2. The average Bonchev–Trinajstić information content (AvgIpc) is 3.19. The molecule has 3 N–H and O–H groups in total. The van der Waals surface area contributed by atoms with Crippen LogP contribution in [0.25, 0.3) is 0 Å². The van der Waals surface area contributed by atoms with E-state index in [0.717, 1.165) is 0 Å². The number of amides is 1. The summed E-state index contributed by atoms with van der Waals surface area (Å²) in [5.41, 5.74) is 1.17. The van der Waals surface area contributed by atoms with Gasteiger partial charge in [0.25, 0.3) is 5.91 Å². The van der Waals surface area contributed by atoms with Gasteiger partial charge in [-0.05, 0) is 43.3 Å². The highest BCUT2D eigenvalue weighted by molar-refractivity contribution is 6.08. The first-order chi connectivity index (χ1) is 15.0. The number of para-hydroxylation sites is 1. The van der Waals surface area contributed by atoms with Crippen LogP contribution in [-0.4, -0.2) is 33.4 Å². The van der Waals surface area contributed by atoms with Gasteiger partial charge in [0.05, 0.1) is 12.8 Å². The van der Waals surface area contributed by atoms with Gasteiger partial charge in [-0.2, -0.15) is 5.10 Å². The molecule has 4 rings (SSSR count). The predicted molar refractivity (Wildman–Crippen MR) is 112 cm³/mol. The number of nitrogens with one attached hydrogen (secondary N) is 2. The standard InChI is InChI=1S/C22H19FN4O4/c1-2-31-19-6-4-3-5-15(19)18-11-17(22(29)30)26-20-16(12-24-27(18)20)21(28)25-14-9-7-13(23)8-10-14/h3-12,18,26H,2H2,1H3,(H,25,28)(H,29,30). The summed E-state index contributed by atoms with van der Waals surface area (Å²) >= 11 is 0. The molecule has 0 radical (unpaired) electrons. The topological polar surface area (TPSA) is 105 Å². The van der Waals surface area contributed by atoms with Crippen molar-refractivity contribution in [3.8, 4) is 5.75 Å². The minimum absolute atomic E-state index is 0.0832. The number of hydrogen-bond donors (Lipinski definition) is 3. The minimum Gasteiger partial charge on any atom is -0.494 e. The van der Waals surface area contributed by atoms with Gasteiger partial charge in [0.15, 0.2) is 0 Å². The summed E-state index contributed by atoms with van der Waals surface area (Å²) in [6.45, 7) is 2.30. The maximum atomic E-state index is 13.1. The normalized spacial score (nSPS) is 14.8. The van der Waals surface area contributed by atoms with Gasteiger partial charge < -0.3 is 20.5 Å². The van der Waals surface area contributed by atoms with Gasteiger partial charge in [0.2, 0.25) is 0 Å². The van der Waals surface area contributed by atoms with Gasteiger partial charge in [-0.3, -0.25) is 4.79 Å². The highest BCUT2D eigenvalue weighted by Crippen LogP contribution is 2.36. The van der Waals surface area contributed by atoms with Crippen molar-refractivity contribution in [3.63, 3.8) is 0 Å². The summed E-state index contributed by atoms with van der Waals surface area (Å²) < 4.78 is 20.4. The second-order valence-electron chi connectivity index (χ2n) is 6.74. The van der Waals surface area contributed by atoms with E-state index in [0.29, 0.717) is 23.6 Å². The molecule has 1 aliphatic heterocycles. The number of hydrogen-bond acceptors (Lipinski definition) is 5. The van der Waals surface area contributed by atoms with E-state index in [2.05, 4.69) is 15.7 Å². The third-order valence-electron chi connectivity index (χ3n) is 4.75. The van der Waals surface area contributed by atoms with Crippen LogP contribution in [0.3, 0.4) is 0 Å². The number of carbonyl (C=O) groups excluding carboxylic acids is 1. The number of fused-ring (bicyclic) bond motifs is 1. The molecule has 1 unspecified atom stereocenters. The molecular formula is C22H19FN4O4. The SMILES string of the molecule is CCOc1ccccc1C1C=C(C(=O)O)Nc2c(C(=O)Nc3ccc(F)cc3)cnn21. The van der Waals surface area contributed by atoms with Crippen LogP contribution in [-0.2, 0) is 4.79 Å². The predicted octanol–water partition coefficient (Wildman–Crippen LogP) is 3.66. The van der Waals surface area contributed by atoms with E-state index in [4.69, 9.17) is 4.74 Å². The lowest BCUT2D eigenvalue weighted by molar-refractivity contribution is -0.132. The summed E-state index contributed by atoms with van der Waals surface area (Å²) in [4.78, 5) is 24.6. The van der Waals surface area contributed by atoms with Crippen molar-refractivity contribution in [2.24, 2.45) is 0 Å². The zero-order chi connectivity index (χ0) is 22.0. The number of ether oxygens (including phenoxy) is 1. The molecule has 158 valence electrons. The van der Waals surface area contributed by atoms with Crippen molar-refractivity contribution in [3.05, 3.63) is 83.4 Å². The molecule has 1 amide bonds. The smallest absolute Gasteiger partial charge is 0.352 e. The number of carbonyl (C=O) groups is 2. The van der Waals surface area contributed by atoms with E-state index >= 15 is 0 Å². The number of anilines is 2. The molecule has 0 aliphatic carbocycles. The van der Waals surface area contributed by atoms with Crippen LogP contribution in [0.4, 0.5) is 15.9 Å². The Hall–Kier alpha value is -4.14. The van der Waals surface area contributed by atoms with Gasteiger partial charge in [0.1, 0.15) is 34.7 Å². The number of carboxylic acid groups (broad SMARTS) is 1. The van der Waals surface area contributed by atoms with Crippen LogP contribution in [0.2, 0.25) is 0 Å². The molecular weight excluding hydrogens is 403 g/mol. The van der Waals surface area contributed by atoms with Crippen LogP contribution < -0.4 is 15.4 Å². The molecule has 0 bridgehead atoms. The Balaban J connectivity index is 1.73. The fourth-order valence-corrected chi connectivity index (χ4v) is 3.35. The largest absolute Gasteiger partial charge is 0.494 e. The van der Waals surface area contributed by atoms with E-state index in [1.54, 1.807) is 6.07 Å². The lowest BCUT2D eigenvalue weighted by Crippen LogP contribution is -2.26. The van der Waals surface area contributed by atoms with Crippen LogP contribution in [0.5, 0.6) is 5.75 Å². The number of rotatable bonds is 6. The molecule has 0 fully saturated rings. The number of aliphatic carboxylic acids is 1. The van der Waals surface area contributed by atoms with Crippen LogP contribution >= 0.6 is 0 Å².